The number of amides is 1. The number of primary amides is 1. The second-order valence-corrected chi connectivity index (χ2v) is 5.82. The van der Waals surface area contributed by atoms with Crippen LogP contribution in [0.5, 0.6) is 0 Å². The van der Waals surface area contributed by atoms with E-state index in [0.717, 1.165) is 38.2 Å². The number of carbonyl (C=O) groups is 1. The van der Waals surface area contributed by atoms with E-state index in [-0.39, 0.29) is 11.9 Å². The fraction of sp³-hybridized carbons (Fsp3) is 0.917. The van der Waals surface area contributed by atoms with Gasteiger partial charge in [0, 0.05) is 11.9 Å². The molecular formula is C12H24N2O2S. The van der Waals surface area contributed by atoms with E-state index in [4.69, 9.17) is 10.5 Å². The Morgan fingerprint density at radius 3 is 2.94 bits per heavy atom. The first-order chi connectivity index (χ1) is 8.15. The molecule has 0 bridgehead atoms. The van der Waals surface area contributed by atoms with Crippen LogP contribution >= 0.6 is 11.8 Å². The van der Waals surface area contributed by atoms with Gasteiger partial charge in [-0.05, 0) is 38.5 Å². The number of nitrogens with two attached hydrogens (primary N) is 1. The van der Waals surface area contributed by atoms with Gasteiger partial charge in [-0.1, -0.05) is 6.92 Å². The van der Waals surface area contributed by atoms with Crippen LogP contribution in [0.2, 0.25) is 0 Å². The summed E-state index contributed by atoms with van der Waals surface area (Å²) in [5, 5.41) is 3.76. The third kappa shape index (κ3) is 5.27. The summed E-state index contributed by atoms with van der Waals surface area (Å²) in [6.07, 6.45) is 3.29. The molecule has 1 aliphatic heterocycles. The Morgan fingerprint density at radius 2 is 2.41 bits per heavy atom. The van der Waals surface area contributed by atoms with Crippen molar-refractivity contribution in [2.75, 3.05) is 18.9 Å². The van der Waals surface area contributed by atoms with E-state index in [1.54, 1.807) is 0 Å². The Labute approximate surface area is 108 Å². The highest BCUT2D eigenvalue weighted by Gasteiger charge is 2.25. The van der Waals surface area contributed by atoms with Crippen LogP contribution in [0.25, 0.3) is 0 Å². The van der Waals surface area contributed by atoms with Gasteiger partial charge in [0.1, 0.15) is 0 Å². The largest absolute Gasteiger partial charge is 0.377 e. The molecule has 0 aliphatic carbocycles. The van der Waals surface area contributed by atoms with E-state index in [1.807, 2.05) is 11.8 Å². The fourth-order valence-corrected chi connectivity index (χ4v) is 3.22. The average Bonchev–Trinajstić information content (AvgIpc) is 2.69. The molecule has 1 fully saturated rings. The van der Waals surface area contributed by atoms with Crippen molar-refractivity contribution >= 4 is 17.7 Å². The van der Waals surface area contributed by atoms with Crippen molar-refractivity contribution in [2.45, 2.75) is 50.5 Å². The Balaban J connectivity index is 2.19. The lowest BCUT2D eigenvalue weighted by molar-refractivity contribution is -0.120. The van der Waals surface area contributed by atoms with E-state index in [1.165, 1.54) is 0 Å². The van der Waals surface area contributed by atoms with E-state index >= 15 is 0 Å². The third-order valence-corrected chi connectivity index (χ3v) is 4.55. The molecule has 0 spiro atoms. The summed E-state index contributed by atoms with van der Waals surface area (Å²) >= 11 is 1.90. The molecule has 1 aliphatic rings. The zero-order chi connectivity index (χ0) is 12.7. The highest BCUT2D eigenvalue weighted by Crippen LogP contribution is 2.26. The molecule has 0 aromatic rings. The van der Waals surface area contributed by atoms with Crippen molar-refractivity contribution in [1.82, 2.24) is 5.32 Å². The Hall–Kier alpha value is -0.260. The molecule has 17 heavy (non-hydrogen) atoms. The van der Waals surface area contributed by atoms with Gasteiger partial charge >= 0.3 is 0 Å². The van der Waals surface area contributed by atoms with Crippen molar-refractivity contribution in [3.05, 3.63) is 0 Å². The highest BCUT2D eigenvalue weighted by atomic mass is 32.2. The van der Waals surface area contributed by atoms with E-state index < -0.39 is 0 Å². The van der Waals surface area contributed by atoms with Gasteiger partial charge in [0.25, 0.3) is 0 Å². The monoisotopic (exact) mass is 260 g/mol. The first-order valence-electron chi connectivity index (χ1n) is 6.41. The Morgan fingerprint density at radius 1 is 1.65 bits per heavy atom. The van der Waals surface area contributed by atoms with Crippen LogP contribution in [-0.4, -0.2) is 42.2 Å². The number of rotatable bonds is 8. The fourth-order valence-electron chi connectivity index (χ4n) is 1.93. The standard InChI is InChI=1S/C12H24N2O2S/c1-3-6-14-10(12(13)15)5-8-17-11-4-7-16-9(11)2/h9-11,14H,3-8H2,1-2H3,(H2,13,15). The molecule has 100 valence electrons. The molecule has 4 nitrogen and oxygen atoms in total. The minimum Gasteiger partial charge on any atom is -0.377 e. The lowest BCUT2D eigenvalue weighted by Crippen LogP contribution is -2.42. The second kappa shape index (κ2) is 7.95. The van der Waals surface area contributed by atoms with Crippen LogP contribution in [0.4, 0.5) is 0 Å². The molecule has 5 heteroatoms. The Bertz CT molecular complexity index is 239. The van der Waals surface area contributed by atoms with Crippen molar-refractivity contribution in [2.24, 2.45) is 5.73 Å². The summed E-state index contributed by atoms with van der Waals surface area (Å²) in [6.45, 7) is 5.91. The maximum Gasteiger partial charge on any atom is 0.234 e. The summed E-state index contributed by atoms with van der Waals surface area (Å²) in [5.41, 5.74) is 5.36. The van der Waals surface area contributed by atoms with Crippen LogP contribution in [0.1, 0.15) is 33.1 Å². The number of ether oxygens (including phenoxy) is 1. The van der Waals surface area contributed by atoms with Gasteiger partial charge in [0.2, 0.25) is 5.91 Å². The topological polar surface area (TPSA) is 64.3 Å². The third-order valence-electron chi connectivity index (χ3n) is 3.03. The van der Waals surface area contributed by atoms with Crippen molar-refractivity contribution < 1.29 is 9.53 Å². The summed E-state index contributed by atoms with van der Waals surface area (Å²) < 4.78 is 5.51. The lowest BCUT2D eigenvalue weighted by Gasteiger charge is -2.17. The average molecular weight is 260 g/mol. The van der Waals surface area contributed by atoms with Crippen LogP contribution in [0.15, 0.2) is 0 Å². The van der Waals surface area contributed by atoms with Crippen LogP contribution < -0.4 is 11.1 Å². The SMILES string of the molecule is CCCNC(CCSC1CCOC1C)C(N)=O. The number of carbonyl (C=O) groups excluding carboxylic acids is 1. The zero-order valence-electron chi connectivity index (χ0n) is 10.8. The summed E-state index contributed by atoms with van der Waals surface area (Å²) in [5.74, 6) is 0.720. The predicted molar refractivity (Wildman–Crippen MR) is 72.2 cm³/mol. The van der Waals surface area contributed by atoms with E-state index in [0.29, 0.717) is 11.4 Å². The van der Waals surface area contributed by atoms with Crippen LogP contribution in [0, 0.1) is 0 Å². The molecule has 1 amide bonds. The van der Waals surface area contributed by atoms with Gasteiger partial charge < -0.3 is 15.8 Å². The smallest absolute Gasteiger partial charge is 0.234 e. The Kier molecular flexibility index (Phi) is 6.92. The first kappa shape index (κ1) is 14.8. The molecule has 1 rings (SSSR count). The predicted octanol–water partition coefficient (Wildman–Crippen LogP) is 1.14. The minimum atomic E-state index is -0.241. The quantitative estimate of drug-likeness (QED) is 0.687. The lowest BCUT2D eigenvalue weighted by atomic mass is 10.2. The van der Waals surface area contributed by atoms with Gasteiger partial charge in [-0.2, -0.15) is 11.8 Å². The van der Waals surface area contributed by atoms with Crippen molar-refractivity contribution in [3.8, 4) is 0 Å². The van der Waals surface area contributed by atoms with Crippen molar-refractivity contribution in [1.29, 1.82) is 0 Å². The normalized spacial score (nSPS) is 26.0. The van der Waals surface area contributed by atoms with Gasteiger partial charge in [0.05, 0.1) is 12.1 Å². The summed E-state index contributed by atoms with van der Waals surface area (Å²) in [4.78, 5) is 11.2. The molecule has 3 unspecified atom stereocenters. The highest BCUT2D eigenvalue weighted by molar-refractivity contribution is 7.99. The van der Waals surface area contributed by atoms with Gasteiger partial charge in [-0.15, -0.1) is 0 Å². The van der Waals surface area contributed by atoms with Gasteiger partial charge in [-0.3, -0.25) is 4.79 Å². The molecular weight excluding hydrogens is 236 g/mol. The molecule has 1 heterocycles. The number of hydrogen-bond donors (Lipinski definition) is 2. The minimum absolute atomic E-state index is 0.180. The summed E-state index contributed by atoms with van der Waals surface area (Å²) in [6, 6.07) is -0.180. The van der Waals surface area contributed by atoms with Gasteiger partial charge in [0.15, 0.2) is 0 Å². The number of thioether (sulfide) groups is 1. The maximum absolute atomic E-state index is 11.2. The first-order valence-corrected chi connectivity index (χ1v) is 7.46. The molecule has 0 aromatic heterocycles. The van der Waals surface area contributed by atoms with Crippen LogP contribution in [-0.2, 0) is 9.53 Å². The second-order valence-electron chi connectivity index (χ2n) is 4.47. The van der Waals surface area contributed by atoms with E-state index in [2.05, 4.69) is 19.2 Å². The van der Waals surface area contributed by atoms with E-state index in [9.17, 15) is 4.79 Å². The number of hydrogen-bond acceptors (Lipinski definition) is 4. The molecule has 3 N–H and O–H groups in total. The molecule has 0 saturated carbocycles. The van der Waals surface area contributed by atoms with Gasteiger partial charge in [-0.25, -0.2) is 0 Å². The maximum atomic E-state index is 11.2. The summed E-state index contributed by atoms with van der Waals surface area (Å²) in [7, 11) is 0. The molecule has 0 radical (unpaired) electrons. The van der Waals surface area contributed by atoms with Crippen molar-refractivity contribution in [3.63, 3.8) is 0 Å². The molecule has 0 aromatic carbocycles. The number of nitrogens with one attached hydrogen (secondary N) is 1. The molecule has 1 saturated heterocycles. The zero-order valence-corrected chi connectivity index (χ0v) is 11.6. The van der Waals surface area contributed by atoms with Crippen LogP contribution in [0.3, 0.4) is 0 Å². The molecule has 3 atom stereocenters.